The highest BCUT2D eigenvalue weighted by Crippen LogP contribution is 2.32. The maximum Gasteiger partial charge on any atom is 0.0426 e. The number of halogens is 1. The monoisotopic (exact) mass is 294 g/mol. The summed E-state index contributed by atoms with van der Waals surface area (Å²) in [5.41, 5.74) is 8.82. The molecule has 1 aliphatic rings. The lowest BCUT2D eigenvalue weighted by molar-refractivity contribution is 0.448. The van der Waals surface area contributed by atoms with Gasteiger partial charge in [-0.05, 0) is 56.2 Å². The summed E-state index contributed by atoms with van der Waals surface area (Å²) in [5, 5.41) is 0.828. The van der Waals surface area contributed by atoms with Crippen molar-refractivity contribution in [2.45, 2.75) is 64.5 Å². The molecule has 0 amide bonds. The van der Waals surface area contributed by atoms with Crippen LogP contribution in [-0.2, 0) is 6.42 Å². The van der Waals surface area contributed by atoms with Gasteiger partial charge in [0.1, 0.15) is 0 Å². The number of nitrogens with zero attached hydrogens (tertiary/aromatic N) is 1. The summed E-state index contributed by atoms with van der Waals surface area (Å²) in [7, 11) is 0. The van der Waals surface area contributed by atoms with Crippen LogP contribution in [0.15, 0.2) is 18.2 Å². The molecule has 0 bridgehead atoms. The summed E-state index contributed by atoms with van der Waals surface area (Å²) in [6, 6.07) is 7.17. The third kappa shape index (κ3) is 3.67. The van der Waals surface area contributed by atoms with E-state index in [1.165, 1.54) is 36.9 Å². The first-order chi connectivity index (χ1) is 9.65. The fourth-order valence-electron chi connectivity index (χ4n) is 3.15. The number of piperidine rings is 1. The summed E-state index contributed by atoms with van der Waals surface area (Å²) in [6.45, 7) is 5.58. The summed E-state index contributed by atoms with van der Waals surface area (Å²) in [6.07, 6.45) is 7.07. The molecule has 0 spiro atoms. The number of hydrogen-bond acceptors (Lipinski definition) is 2. The Labute approximate surface area is 128 Å². The zero-order valence-corrected chi connectivity index (χ0v) is 13.5. The standard InChI is InChI=1S/C17H27ClN2/c1-3-15(19)11-13-8-9-14(18)12-17(13)20-10-6-5-7-16(20)4-2/h8-9,12,15-16H,3-7,10-11,19H2,1-2H3. The Hall–Kier alpha value is -0.730. The van der Waals surface area contributed by atoms with E-state index in [4.69, 9.17) is 17.3 Å². The molecule has 2 N–H and O–H groups in total. The highest BCUT2D eigenvalue weighted by molar-refractivity contribution is 6.30. The van der Waals surface area contributed by atoms with Crippen LogP contribution in [0.5, 0.6) is 0 Å². The van der Waals surface area contributed by atoms with Crippen molar-refractivity contribution in [1.29, 1.82) is 0 Å². The molecule has 2 unspecified atom stereocenters. The Balaban J connectivity index is 2.29. The Morgan fingerprint density at radius 3 is 2.85 bits per heavy atom. The van der Waals surface area contributed by atoms with E-state index in [-0.39, 0.29) is 6.04 Å². The second-order valence-corrected chi connectivity index (χ2v) is 6.33. The summed E-state index contributed by atoms with van der Waals surface area (Å²) in [5.74, 6) is 0. The van der Waals surface area contributed by atoms with Crippen molar-refractivity contribution >= 4 is 17.3 Å². The molecule has 1 aliphatic heterocycles. The van der Waals surface area contributed by atoms with Gasteiger partial charge in [0.05, 0.1) is 0 Å². The van der Waals surface area contributed by atoms with Gasteiger partial charge in [0, 0.05) is 29.3 Å². The van der Waals surface area contributed by atoms with Crippen molar-refractivity contribution in [1.82, 2.24) is 0 Å². The molecule has 0 saturated carbocycles. The molecule has 1 fully saturated rings. The zero-order valence-electron chi connectivity index (χ0n) is 12.7. The topological polar surface area (TPSA) is 29.3 Å². The van der Waals surface area contributed by atoms with Gasteiger partial charge in [0.25, 0.3) is 0 Å². The molecule has 1 saturated heterocycles. The molecule has 2 atom stereocenters. The van der Waals surface area contributed by atoms with Crippen molar-refractivity contribution in [3.8, 4) is 0 Å². The van der Waals surface area contributed by atoms with Crippen LogP contribution in [0.4, 0.5) is 5.69 Å². The second kappa shape index (κ2) is 7.33. The van der Waals surface area contributed by atoms with Gasteiger partial charge in [-0.1, -0.05) is 31.5 Å². The maximum absolute atomic E-state index is 6.24. The van der Waals surface area contributed by atoms with Gasteiger partial charge in [0.15, 0.2) is 0 Å². The average molecular weight is 295 g/mol. The van der Waals surface area contributed by atoms with Gasteiger partial charge in [-0.15, -0.1) is 0 Å². The lowest BCUT2D eigenvalue weighted by atomic mass is 9.96. The SMILES string of the molecule is CCC(N)Cc1ccc(Cl)cc1N1CCCCC1CC. The van der Waals surface area contributed by atoms with Crippen molar-refractivity contribution < 1.29 is 0 Å². The fraction of sp³-hybridized carbons (Fsp3) is 0.647. The largest absolute Gasteiger partial charge is 0.368 e. The van der Waals surface area contributed by atoms with Gasteiger partial charge in [-0.2, -0.15) is 0 Å². The molecule has 2 rings (SSSR count). The van der Waals surface area contributed by atoms with E-state index in [1.807, 2.05) is 6.07 Å². The molecular weight excluding hydrogens is 268 g/mol. The second-order valence-electron chi connectivity index (χ2n) is 5.90. The number of hydrogen-bond donors (Lipinski definition) is 1. The number of nitrogens with two attached hydrogens (primary N) is 1. The zero-order chi connectivity index (χ0) is 14.5. The van der Waals surface area contributed by atoms with Gasteiger partial charge < -0.3 is 10.6 Å². The van der Waals surface area contributed by atoms with E-state index in [0.717, 1.165) is 24.4 Å². The van der Waals surface area contributed by atoms with Gasteiger partial charge in [-0.25, -0.2) is 0 Å². The Bertz CT molecular complexity index is 433. The Morgan fingerprint density at radius 2 is 2.15 bits per heavy atom. The van der Waals surface area contributed by atoms with Crippen LogP contribution in [0.1, 0.15) is 51.5 Å². The lowest BCUT2D eigenvalue weighted by Crippen LogP contribution is -2.40. The van der Waals surface area contributed by atoms with E-state index in [1.54, 1.807) is 0 Å². The fourth-order valence-corrected chi connectivity index (χ4v) is 3.31. The predicted molar refractivity (Wildman–Crippen MR) is 88.7 cm³/mol. The van der Waals surface area contributed by atoms with Crippen LogP contribution < -0.4 is 10.6 Å². The van der Waals surface area contributed by atoms with Crippen LogP contribution in [-0.4, -0.2) is 18.6 Å². The normalized spacial score (nSPS) is 21.0. The van der Waals surface area contributed by atoms with Gasteiger partial charge in [-0.3, -0.25) is 0 Å². The van der Waals surface area contributed by atoms with E-state index in [0.29, 0.717) is 6.04 Å². The lowest BCUT2D eigenvalue weighted by Gasteiger charge is -2.38. The molecule has 1 aromatic carbocycles. The van der Waals surface area contributed by atoms with Crippen LogP contribution in [0, 0.1) is 0 Å². The molecular formula is C17H27ClN2. The van der Waals surface area contributed by atoms with Gasteiger partial charge in [0.2, 0.25) is 0 Å². The number of anilines is 1. The molecule has 1 heterocycles. The number of rotatable bonds is 5. The molecule has 3 heteroatoms. The minimum atomic E-state index is 0.236. The van der Waals surface area contributed by atoms with E-state index in [9.17, 15) is 0 Å². The Morgan fingerprint density at radius 1 is 1.35 bits per heavy atom. The Kier molecular flexibility index (Phi) is 5.74. The predicted octanol–water partition coefficient (Wildman–Crippen LogP) is 4.39. The molecule has 1 aromatic rings. The molecule has 2 nitrogen and oxygen atoms in total. The molecule has 20 heavy (non-hydrogen) atoms. The molecule has 112 valence electrons. The molecule has 0 radical (unpaired) electrons. The van der Waals surface area contributed by atoms with Crippen molar-refractivity contribution in [3.05, 3.63) is 28.8 Å². The third-order valence-electron chi connectivity index (χ3n) is 4.46. The first kappa shape index (κ1) is 15.7. The van der Waals surface area contributed by atoms with Crippen LogP contribution in [0.25, 0.3) is 0 Å². The quantitative estimate of drug-likeness (QED) is 0.873. The minimum absolute atomic E-state index is 0.236. The molecule has 0 aromatic heterocycles. The van der Waals surface area contributed by atoms with Crippen LogP contribution in [0.3, 0.4) is 0 Å². The van der Waals surface area contributed by atoms with E-state index < -0.39 is 0 Å². The summed E-state index contributed by atoms with van der Waals surface area (Å²) < 4.78 is 0. The summed E-state index contributed by atoms with van der Waals surface area (Å²) in [4.78, 5) is 2.56. The number of benzene rings is 1. The highest BCUT2D eigenvalue weighted by Gasteiger charge is 2.23. The van der Waals surface area contributed by atoms with E-state index in [2.05, 4.69) is 30.9 Å². The van der Waals surface area contributed by atoms with Gasteiger partial charge >= 0.3 is 0 Å². The highest BCUT2D eigenvalue weighted by atomic mass is 35.5. The van der Waals surface area contributed by atoms with Crippen LogP contribution in [0.2, 0.25) is 5.02 Å². The first-order valence-electron chi connectivity index (χ1n) is 7.96. The summed E-state index contributed by atoms with van der Waals surface area (Å²) >= 11 is 6.24. The van der Waals surface area contributed by atoms with Crippen molar-refractivity contribution in [3.63, 3.8) is 0 Å². The smallest absolute Gasteiger partial charge is 0.0426 e. The minimum Gasteiger partial charge on any atom is -0.368 e. The van der Waals surface area contributed by atoms with Crippen molar-refractivity contribution in [2.75, 3.05) is 11.4 Å². The van der Waals surface area contributed by atoms with Crippen LogP contribution >= 0.6 is 11.6 Å². The third-order valence-corrected chi connectivity index (χ3v) is 4.70. The maximum atomic E-state index is 6.24. The van der Waals surface area contributed by atoms with Crippen molar-refractivity contribution in [2.24, 2.45) is 5.73 Å². The average Bonchev–Trinajstić information content (AvgIpc) is 2.48. The molecule has 0 aliphatic carbocycles. The van der Waals surface area contributed by atoms with E-state index >= 15 is 0 Å². The first-order valence-corrected chi connectivity index (χ1v) is 8.34.